The number of aliphatic hydroxyl groups is 1. The van der Waals surface area contributed by atoms with E-state index in [0.29, 0.717) is 39.4 Å². The van der Waals surface area contributed by atoms with E-state index in [0.717, 1.165) is 0 Å². The van der Waals surface area contributed by atoms with Crippen LogP contribution >= 0.6 is 0 Å². The molecule has 1 unspecified atom stereocenters. The number of Topliss-reactive ketones (excluding diaryl/α,β-unsaturated/α-hetero) is 1. The fourth-order valence-electron chi connectivity index (χ4n) is 4.35. The summed E-state index contributed by atoms with van der Waals surface area (Å²) in [6, 6.07) is 17.3. The molecular weight excluding hydrogens is 474 g/mol. The zero-order valence-electron chi connectivity index (χ0n) is 21.0. The molecule has 0 saturated carbocycles. The third kappa shape index (κ3) is 4.78. The van der Waals surface area contributed by atoms with E-state index in [2.05, 4.69) is 0 Å². The number of anilines is 1. The minimum absolute atomic E-state index is 0.0436. The molecule has 3 aromatic carbocycles. The SMILES string of the molecule is CCOC(=O)c1ccc(N2C(=O)C(=O)/C(=C(\O)c3ccc(OC)cc3C)C2c2ccc(OC)cc2)cc1. The van der Waals surface area contributed by atoms with Crippen molar-refractivity contribution in [3.05, 3.63) is 94.6 Å². The molecule has 8 heteroatoms. The number of aliphatic hydroxyl groups excluding tert-OH is 1. The lowest BCUT2D eigenvalue weighted by molar-refractivity contribution is -0.132. The third-order valence-corrected chi connectivity index (χ3v) is 6.22. The van der Waals surface area contributed by atoms with Crippen molar-refractivity contribution < 1.29 is 33.7 Å². The normalized spacial score (nSPS) is 16.5. The van der Waals surface area contributed by atoms with E-state index in [9.17, 15) is 19.5 Å². The number of methoxy groups -OCH3 is 2. The van der Waals surface area contributed by atoms with Gasteiger partial charge in [0.1, 0.15) is 17.3 Å². The minimum Gasteiger partial charge on any atom is -0.507 e. The molecule has 4 rings (SSSR count). The molecule has 37 heavy (non-hydrogen) atoms. The summed E-state index contributed by atoms with van der Waals surface area (Å²) in [4.78, 5) is 40.2. The molecule has 1 amide bonds. The fraction of sp³-hybridized carbons (Fsp3) is 0.207. The van der Waals surface area contributed by atoms with Crippen LogP contribution in [-0.4, -0.2) is 43.6 Å². The Morgan fingerprint density at radius 3 is 2.11 bits per heavy atom. The number of amides is 1. The second kappa shape index (κ2) is 10.6. The monoisotopic (exact) mass is 501 g/mol. The number of hydrogen-bond acceptors (Lipinski definition) is 7. The average molecular weight is 502 g/mol. The second-order valence-electron chi connectivity index (χ2n) is 8.39. The smallest absolute Gasteiger partial charge is 0.338 e. The number of aryl methyl sites for hydroxylation is 1. The summed E-state index contributed by atoms with van der Waals surface area (Å²) in [5, 5.41) is 11.4. The first-order chi connectivity index (χ1) is 17.8. The summed E-state index contributed by atoms with van der Waals surface area (Å²) in [6.07, 6.45) is 0. The number of nitrogens with zero attached hydrogens (tertiary/aromatic N) is 1. The molecule has 1 aliphatic rings. The number of ether oxygens (including phenoxy) is 3. The van der Waals surface area contributed by atoms with E-state index in [-0.39, 0.29) is 17.9 Å². The first kappa shape index (κ1) is 25.5. The second-order valence-corrected chi connectivity index (χ2v) is 8.39. The van der Waals surface area contributed by atoms with E-state index in [4.69, 9.17) is 14.2 Å². The van der Waals surface area contributed by atoms with Crippen LogP contribution in [0.1, 0.15) is 40.0 Å². The molecule has 190 valence electrons. The zero-order valence-corrected chi connectivity index (χ0v) is 21.0. The van der Waals surface area contributed by atoms with E-state index in [1.807, 2.05) is 0 Å². The largest absolute Gasteiger partial charge is 0.507 e. The van der Waals surface area contributed by atoms with Crippen LogP contribution < -0.4 is 14.4 Å². The van der Waals surface area contributed by atoms with Gasteiger partial charge < -0.3 is 19.3 Å². The maximum Gasteiger partial charge on any atom is 0.338 e. The van der Waals surface area contributed by atoms with Gasteiger partial charge in [0, 0.05) is 11.3 Å². The van der Waals surface area contributed by atoms with Gasteiger partial charge >= 0.3 is 5.97 Å². The number of carbonyl (C=O) groups is 3. The van der Waals surface area contributed by atoms with Crippen molar-refractivity contribution in [2.24, 2.45) is 0 Å². The van der Waals surface area contributed by atoms with Crippen LogP contribution in [0.3, 0.4) is 0 Å². The third-order valence-electron chi connectivity index (χ3n) is 6.22. The van der Waals surface area contributed by atoms with Gasteiger partial charge in [0.15, 0.2) is 0 Å². The number of esters is 1. The molecule has 0 aliphatic carbocycles. The van der Waals surface area contributed by atoms with Crippen LogP contribution in [0.15, 0.2) is 72.3 Å². The van der Waals surface area contributed by atoms with Crippen LogP contribution in [0, 0.1) is 6.92 Å². The lowest BCUT2D eigenvalue weighted by Crippen LogP contribution is -2.29. The van der Waals surface area contributed by atoms with Crippen molar-refractivity contribution in [2.75, 3.05) is 25.7 Å². The molecule has 3 aromatic rings. The molecule has 1 aliphatic heterocycles. The summed E-state index contributed by atoms with van der Waals surface area (Å²) in [5.74, 6) is -1.18. The fourth-order valence-corrected chi connectivity index (χ4v) is 4.35. The molecular formula is C29H27NO7. The predicted molar refractivity (Wildman–Crippen MR) is 138 cm³/mol. The van der Waals surface area contributed by atoms with Gasteiger partial charge in [0.2, 0.25) is 0 Å². The Bertz CT molecular complexity index is 1370. The Kier molecular flexibility index (Phi) is 7.29. The lowest BCUT2D eigenvalue weighted by Gasteiger charge is -2.26. The van der Waals surface area contributed by atoms with E-state index in [1.165, 1.54) is 24.1 Å². The van der Waals surface area contributed by atoms with Gasteiger partial charge in [-0.25, -0.2) is 4.79 Å². The summed E-state index contributed by atoms with van der Waals surface area (Å²) >= 11 is 0. The topological polar surface area (TPSA) is 102 Å². The van der Waals surface area contributed by atoms with Crippen molar-refractivity contribution in [1.29, 1.82) is 0 Å². The lowest BCUT2D eigenvalue weighted by atomic mass is 9.93. The molecule has 0 radical (unpaired) electrons. The summed E-state index contributed by atoms with van der Waals surface area (Å²) in [5.41, 5.74) is 2.35. The van der Waals surface area contributed by atoms with E-state index < -0.39 is 23.7 Å². The van der Waals surface area contributed by atoms with Gasteiger partial charge in [-0.3, -0.25) is 14.5 Å². The van der Waals surface area contributed by atoms with Gasteiger partial charge in [-0.05, 0) is 79.6 Å². The number of rotatable bonds is 7. The van der Waals surface area contributed by atoms with Crippen LogP contribution in [-0.2, 0) is 14.3 Å². The van der Waals surface area contributed by atoms with Gasteiger partial charge in [-0.1, -0.05) is 12.1 Å². The Morgan fingerprint density at radius 1 is 0.919 bits per heavy atom. The molecule has 1 N–H and O–H groups in total. The molecule has 1 saturated heterocycles. The molecule has 0 spiro atoms. The average Bonchev–Trinajstić information content (AvgIpc) is 3.18. The minimum atomic E-state index is -0.916. The summed E-state index contributed by atoms with van der Waals surface area (Å²) in [7, 11) is 3.08. The van der Waals surface area contributed by atoms with Crippen molar-refractivity contribution in [1.82, 2.24) is 0 Å². The molecule has 0 aromatic heterocycles. The van der Waals surface area contributed by atoms with Crippen LogP contribution in [0.4, 0.5) is 5.69 Å². The molecule has 1 heterocycles. The molecule has 8 nitrogen and oxygen atoms in total. The molecule has 0 bridgehead atoms. The highest BCUT2D eigenvalue weighted by Gasteiger charge is 2.47. The standard InChI is InChI=1S/C29H27NO7/c1-5-37-29(34)19-6-10-20(11-7-19)30-25(18-8-12-21(35-3)13-9-18)24(27(32)28(30)33)26(31)23-15-14-22(36-4)16-17(23)2/h6-16,25,31H,5H2,1-4H3/b26-24-. The van der Waals surface area contributed by atoms with Crippen LogP contribution in [0.2, 0.25) is 0 Å². The van der Waals surface area contributed by atoms with Gasteiger partial charge in [-0.15, -0.1) is 0 Å². The first-order valence-corrected chi connectivity index (χ1v) is 11.7. The number of ketones is 1. The van der Waals surface area contributed by atoms with Crippen molar-refractivity contribution in [3.8, 4) is 11.5 Å². The first-order valence-electron chi connectivity index (χ1n) is 11.7. The van der Waals surface area contributed by atoms with Crippen molar-refractivity contribution >= 4 is 29.1 Å². The van der Waals surface area contributed by atoms with E-state index in [1.54, 1.807) is 75.6 Å². The van der Waals surface area contributed by atoms with Crippen LogP contribution in [0.5, 0.6) is 11.5 Å². The number of hydrogen-bond donors (Lipinski definition) is 1. The quantitative estimate of drug-likeness (QED) is 0.214. The highest BCUT2D eigenvalue weighted by atomic mass is 16.5. The Morgan fingerprint density at radius 2 is 1.54 bits per heavy atom. The van der Waals surface area contributed by atoms with E-state index >= 15 is 0 Å². The van der Waals surface area contributed by atoms with Gasteiger partial charge in [0.05, 0.1) is 38.0 Å². The Labute approximate surface area is 214 Å². The molecule has 1 atom stereocenters. The van der Waals surface area contributed by atoms with Gasteiger partial charge in [0.25, 0.3) is 11.7 Å². The van der Waals surface area contributed by atoms with Gasteiger partial charge in [-0.2, -0.15) is 0 Å². The van der Waals surface area contributed by atoms with Crippen LogP contribution in [0.25, 0.3) is 5.76 Å². The zero-order chi connectivity index (χ0) is 26.7. The van der Waals surface area contributed by atoms with Crippen molar-refractivity contribution in [3.63, 3.8) is 0 Å². The van der Waals surface area contributed by atoms with Crippen molar-refractivity contribution in [2.45, 2.75) is 19.9 Å². The maximum absolute atomic E-state index is 13.4. The Hall–Kier alpha value is -4.59. The summed E-state index contributed by atoms with van der Waals surface area (Å²) < 4.78 is 15.5. The molecule has 1 fully saturated rings. The summed E-state index contributed by atoms with van der Waals surface area (Å²) in [6.45, 7) is 3.73. The maximum atomic E-state index is 13.4. The number of benzene rings is 3. The highest BCUT2D eigenvalue weighted by molar-refractivity contribution is 6.51. The number of carbonyl (C=O) groups excluding carboxylic acids is 3. The highest BCUT2D eigenvalue weighted by Crippen LogP contribution is 2.43. The predicted octanol–water partition coefficient (Wildman–Crippen LogP) is 4.82. The Balaban J connectivity index is 1.87.